The minimum Gasteiger partial charge on any atom is -0.506 e. The first-order valence-corrected chi connectivity index (χ1v) is 8.81. The summed E-state index contributed by atoms with van der Waals surface area (Å²) in [5.74, 6) is 0.995. The second-order valence-electron chi connectivity index (χ2n) is 6.25. The van der Waals surface area contributed by atoms with Crippen LogP contribution in [0.2, 0.25) is 0 Å². The maximum absolute atomic E-state index is 11.1. The Morgan fingerprint density at radius 1 is 1.14 bits per heavy atom. The van der Waals surface area contributed by atoms with E-state index in [0.29, 0.717) is 18.1 Å². The van der Waals surface area contributed by atoms with Crippen molar-refractivity contribution in [3.63, 3.8) is 0 Å². The molecule has 1 aliphatic rings. The van der Waals surface area contributed by atoms with Crippen LogP contribution >= 0.6 is 24.0 Å². The normalized spacial score (nSPS) is 14.4. The molecular formula is C19H24IN5O3. The maximum atomic E-state index is 11.1. The highest BCUT2D eigenvalue weighted by molar-refractivity contribution is 14.0. The molecule has 0 spiro atoms. The third-order valence-corrected chi connectivity index (χ3v) is 4.64. The summed E-state index contributed by atoms with van der Waals surface area (Å²) in [5, 5.41) is 24.4. The Hall–Kier alpha value is -2.56. The molecule has 0 aromatic heterocycles. The number of benzene rings is 2. The minimum atomic E-state index is -0.370. The van der Waals surface area contributed by atoms with Gasteiger partial charge in [-0.2, -0.15) is 0 Å². The van der Waals surface area contributed by atoms with Crippen molar-refractivity contribution in [3.05, 3.63) is 64.2 Å². The number of nitrogens with one attached hydrogen (secondary N) is 1. The summed E-state index contributed by atoms with van der Waals surface area (Å²) in [4.78, 5) is 19.3. The van der Waals surface area contributed by atoms with Crippen LogP contribution < -0.4 is 10.2 Å². The lowest BCUT2D eigenvalue weighted by atomic mass is 10.2. The summed E-state index contributed by atoms with van der Waals surface area (Å²) in [6.07, 6.45) is 0. The van der Waals surface area contributed by atoms with Crippen molar-refractivity contribution in [3.8, 4) is 5.75 Å². The van der Waals surface area contributed by atoms with E-state index in [4.69, 9.17) is 0 Å². The van der Waals surface area contributed by atoms with Crippen LogP contribution in [0.3, 0.4) is 0 Å². The molecule has 1 saturated heterocycles. The zero-order valence-corrected chi connectivity index (χ0v) is 17.9. The number of para-hydroxylation sites is 3. The van der Waals surface area contributed by atoms with Crippen LogP contribution in [0.25, 0.3) is 0 Å². The van der Waals surface area contributed by atoms with Gasteiger partial charge in [-0.25, -0.2) is 0 Å². The minimum absolute atomic E-state index is 0. The summed E-state index contributed by atoms with van der Waals surface area (Å²) >= 11 is 0. The van der Waals surface area contributed by atoms with Crippen molar-refractivity contribution in [2.24, 2.45) is 4.99 Å². The lowest BCUT2D eigenvalue weighted by Gasteiger charge is -2.37. The van der Waals surface area contributed by atoms with Crippen molar-refractivity contribution >= 4 is 41.3 Å². The first-order chi connectivity index (χ1) is 13.1. The molecule has 1 aliphatic heterocycles. The monoisotopic (exact) mass is 497 g/mol. The molecular weight excluding hydrogens is 473 g/mol. The molecule has 150 valence electrons. The van der Waals surface area contributed by atoms with Crippen LogP contribution in [0.5, 0.6) is 5.75 Å². The Morgan fingerprint density at radius 3 is 2.43 bits per heavy atom. The zero-order valence-electron chi connectivity index (χ0n) is 15.6. The number of anilines is 1. The molecule has 0 atom stereocenters. The molecule has 0 saturated carbocycles. The Labute approximate surface area is 181 Å². The molecule has 28 heavy (non-hydrogen) atoms. The number of guanidine groups is 1. The standard InChI is InChI=1S/C19H23N5O3.HI/c1-20-19(21-14-15-6-2-3-7-16(15)24(26)27)23-12-10-22(11-13-23)17-8-4-5-9-18(17)25;/h2-9,25H,10-14H2,1H3,(H,20,21);1H. The third kappa shape index (κ3) is 5.03. The Balaban J connectivity index is 0.00000280. The van der Waals surface area contributed by atoms with Gasteiger partial charge in [-0.3, -0.25) is 15.1 Å². The van der Waals surface area contributed by atoms with E-state index in [1.165, 1.54) is 6.07 Å². The maximum Gasteiger partial charge on any atom is 0.274 e. The second kappa shape index (κ2) is 10.1. The number of aromatic hydroxyl groups is 1. The number of hydrogen-bond donors (Lipinski definition) is 2. The fraction of sp³-hybridized carbons (Fsp3) is 0.316. The lowest BCUT2D eigenvalue weighted by Crippen LogP contribution is -2.52. The topological polar surface area (TPSA) is 94.2 Å². The van der Waals surface area contributed by atoms with Gasteiger partial charge in [0.05, 0.1) is 10.6 Å². The Morgan fingerprint density at radius 2 is 1.79 bits per heavy atom. The van der Waals surface area contributed by atoms with E-state index in [9.17, 15) is 15.2 Å². The van der Waals surface area contributed by atoms with Gasteiger partial charge in [0.25, 0.3) is 5.69 Å². The molecule has 1 heterocycles. The summed E-state index contributed by atoms with van der Waals surface area (Å²) in [7, 11) is 1.71. The molecule has 8 nitrogen and oxygen atoms in total. The fourth-order valence-corrected chi connectivity index (χ4v) is 3.24. The molecule has 0 radical (unpaired) electrons. The highest BCUT2D eigenvalue weighted by Crippen LogP contribution is 2.27. The molecule has 0 unspecified atom stereocenters. The van der Waals surface area contributed by atoms with E-state index in [1.807, 2.05) is 18.2 Å². The number of aliphatic imine (C=N–C) groups is 1. The number of rotatable bonds is 4. The summed E-state index contributed by atoms with van der Waals surface area (Å²) < 4.78 is 0. The van der Waals surface area contributed by atoms with Crippen LogP contribution in [-0.4, -0.2) is 54.1 Å². The van der Waals surface area contributed by atoms with E-state index in [2.05, 4.69) is 20.1 Å². The first-order valence-electron chi connectivity index (χ1n) is 8.81. The summed E-state index contributed by atoms with van der Waals surface area (Å²) in [6, 6.07) is 14.0. The number of phenolic OH excluding ortho intramolecular Hbond substituents is 1. The van der Waals surface area contributed by atoms with Gasteiger partial charge in [-0.1, -0.05) is 30.3 Å². The van der Waals surface area contributed by atoms with Gasteiger partial charge in [-0.05, 0) is 12.1 Å². The number of nitro groups is 1. The van der Waals surface area contributed by atoms with E-state index in [-0.39, 0.29) is 40.3 Å². The smallest absolute Gasteiger partial charge is 0.274 e. The Kier molecular flexibility index (Phi) is 7.85. The van der Waals surface area contributed by atoms with Crippen molar-refractivity contribution in [2.75, 3.05) is 38.1 Å². The van der Waals surface area contributed by atoms with Crippen molar-refractivity contribution in [1.82, 2.24) is 10.2 Å². The first kappa shape index (κ1) is 21.7. The van der Waals surface area contributed by atoms with Gasteiger partial charge >= 0.3 is 0 Å². The number of nitrogens with zero attached hydrogens (tertiary/aromatic N) is 4. The number of nitro benzene ring substituents is 1. The van der Waals surface area contributed by atoms with Crippen LogP contribution in [0.1, 0.15) is 5.56 Å². The van der Waals surface area contributed by atoms with Gasteiger partial charge < -0.3 is 20.2 Å². The number of phenols is 1. The zero-order chi connectivity index (χ0) is 19.2. The third-order valence-electron chi connectivity index (χ3n) is 4.64. The quantitative estimate of drug-likeness (QED) is 0.222. The SMILES string of the molecule is CN=C(NCc1ccccc1[N+](=O)[O-])N1CCN(c2ccccc2O)CC1.I. The summed E-state index contributed by atoms with van der Waals surface area (Å²) in [6.45, 7) is 3.33. The predicted octanol–water partition coefficient (Wildman–Crippen LogP) is 2.82. The molecule has 2 aromatic carbocycles. The number of hydrogen-bond acceptors (Lipinski definition) is 5. The van der Waals surface area contributed by atoms with E-state index >= 15 is 0 Å². The molecule has 0 bridgehead atoms. The Bertz CT molecular complexity index is 838. The second-order valence-corrected chi connectivity index (χ2v) is 6.25. The van der Waals surface area contributed by atoms with Crippen LogP contribution in [-0.2, 0) is 6.54 Å². The van der Waals surface area contributed by atoms with Crippen molar-refractivity contribution in [2.45, 2.75) is 6.54 Å². The van der Waals surface area contributed by atoms with Gasteiger partial charge in [0, 0.05) is 51.4 Å². The van der Waals surface area contributed by atoms with Crippen LogP contribution in [0.4, 0.5) is 11.4 Å². The number of piperazine rings is 1. The molecule has 3 rings (SSSR count). The molecule has 0 aliphatic carbocycles. The average molecular weight is 497 g/mol. The summed E-state index contributed by atoms with van der Waals surface area (Å²) in [5.41, 5.74) is 1.56. The van der Waals surface area contributed by atoms with Crippen molar-refractivity contribution < 1.29 is 10.0 Å². The predicted molar refractivity (Wildman–Crippen MR) is 121 cm³/mol. The van der Waals surface area contributed by atoms with E-state index < -0.39 is 0 Å². The van der Waals surface area contributed by atoms with Gasteiger partial charge in [0.15, 0.2) is 5.96 Å². The molecule has 1 fully saturated rings. The molecule has 9 heteroatoms. The molecule has 0 amide bonds. The van der Waals surface area contributed by atoms with Gasteiger partial charge in [0.2, 0.25) is 0 Å². The van der Waals surface area contributed by atoms with Crippen molar-refractivity contribution in [1.29, 1.82) is 0 Å². The highest BCUT2D eigenvalue weighted by Gasteiger charge is 2.22. The average Bonchev–Trinajstić information content (AvgIpc) is 2.69. The van der Waals surface area contributed by atoms with Gasteiger partial charge in [0.1, 0.15) is 5.75 Å². The molecule has 2 N–H and O–H groups in total. The highest BCUT2D eigenvalue weighted by atomic mass is 127. The number of halogens is 1. The largest absolute Gasteiger partial charge is 0.506 e. The van der Waals surface area contributed by atoms with Crippen LogP contribution in [0, 0.1) is 10.1 Å². The molecule has 2 aromatic rings. The van der Waals surface area contributed by atoms with E-state index in [0.717, 1.165) is 31.9 Å². The van der Waals surface area contributed by atoms with Crippen LogP contribution in [0.15, 0.2) is 53.5 Å². The fourth-order valence-electron chi connectivity index (χ4n) is 3.24. The van der Waals surface area contributed by atoms with Gasteiger partial charge in [-0.15, -0.1) is 24.0 Å². The van der Waals surface area contributed by atoms with E-state index in [1.54, 1.807) is 31.3 Å². The lowest BCUT2D eigenvalue weighted by molar-refractivity contribution is -0.385.